The summed E-state index contributed by atoms with van der Waals surface area (Å²) < 4.78 is 29.9. The second-order valence-corrected chi connectivity index (χ2v) is 6.25. The molecule has 16 heavy (non-hydrogen) atoms. The van der Waals surface area contributed by atoms with Crippen molar-refractivity contribution in [3.63, 3.8) is 0 Å². The first-order chi connectivity index (χ1) is 7.22. The molecule has 86 valence electrons. The van der Waals surface area contributed by atoms with Crippen LogP contribution in [0.5, 0.6) is 0 Å². The highest BCUT2D eigenvalue weighted by molar-refractivity contribution is 8.08. The number of hydrogen-bond donors (Lipinski definition) is 3. The highest BCUT2D eigenvalue weighted by Crippen LogP contribution is 2.26. The Morgan fingerprint density at radius 3 is 2.25 bits per heavy atom. The summed E-state index contributed by atoms with van der Waals surface area (Å²) in [6, 6.07) is 10.1. The van der Waals surface area contributed by atoms with Gasteiger partial charge in [-0.1, -0.05) is 29.8 Å². The van der Waals surface area contributed by atoms with E-state index in [0.29, 0.717) is 0 Å². The first kappa shape index (κ1) is 11.2. The van der Waals surface area contributed by atoms with Gasteiger partial charge in [0.15, 0.2) is 9.81 Å². The van der Waals surface area contributed by atoms with Gasteiger partial charge >= 0.3 is 0 Å². The maximum Gasteiger partial charge on any atom is 0.162 e. The number of fused-ring (bicyclic) bond motifs is 1. The number of benzene rings is 2. The van der Waals surface area contributed by atoms with Gasteiger partial charge in [-0.15, -0.1) is 0 Å². The highest BCUT2D eigenvalue weighted by atomic mass is 32.3. The molecule has 0 saturated carbocycles. The Balaban J connectivity index is 2.72. The lowest BCUT2D eigenvalue weighted by Gasteiger charge is -2.25. The Hall–Kier alpha value is -1.27. The van der Waals surface area contributed by atoms with Crippen molar-refractivity contribution >= 4 is 20.6 Å². The average Bonchev–Trinajstić information content (AvgIpc) is 2.14. The van der Waals surface area contributed by atoms with Crippen LogP contribution in [-0.2, 0) is 9.81 Å². The van der Waals surface area contributed by atoms with Crippen LogP contribution in [0.1, 0.15) is 5.56 Å². The molecule has 4 nitrogen and oxygen atoms in total. The molecule has 0 atom stereocenters. The van der Waals surface area contributed by atoms with Gasteiger partial charge in [-0.05, 0) is 29.8 Å². The Morgan fingerprint density at radius 2 is 1.62 bits per heavy atom. The normalized spacial score (nSPS) is 14.6. The van der Waals surface area contributed by atoms with Crippen LogP contribution in [0.2, 0.25) is 0 Å². The van der Waals surface area contributed by atoms with Crippen LogP contribution in [0.15, 0.2) is 41.3 Å². The maximum atomic E-state index is 11.4. The molecule has 0 aliphatic carbocycles. The SMILES string of the molecule is Cc1ccc2cc(S(N)(=O)(O)O)ccc2c1. The molecule has 0 aliphatic heterocycles. The van der Waals surface area contributed by atoms with Crippen molar-refractivity contribution in [1.29, 1.82) is 0 Å². The van der Waals surface area contributed by atoms with Gasteiger partial charge in [-0.3, -0.25) is 9.11 Å². The molecule has 2 aromatic rings. The van der Waals surface area contributed by atoms with Crippen molar-refractivity contribution in [2.24, 2.45) is 5.14 Å². The summed E-state index contributed by atoms with van der Waals surface area (Å²) in [5.41, 5.74) is 1.10. The minimum Gasteiger partial charge on any atom is -0.294 e. The largest absolute Gasteiger partial charge is 0.294 e. The molecule has 5 heteroatoms. The predicted octanol–water partition coefficient (Wildman–Crippen LogP) is 2.15. The van der Waals surface area contributed by atoms with Crippen molar-refractivity contribution in [2.75, 3.05) is 0 Å². The van der Waals surface area contributed by atoms with Crippen molar-refractivity contribution in [3.8, 4) is 0 Å². The van der Waals surface area contributed by atoms with E-state index < -0.39 is 9.81 Å². The summed E-state index contributed by atoms with van der Waals surface area (Å²) in [5, 5.41) is 6.68. The average molecular weight is 239 g/mol. The lowest BCUT2D eigenvalue weighted by Crippen LogP contribution is -2.41. The van der Waals surface area contributed by atoms with Crippen molar-refractivity contribution in [3.05, 3.63) is 42.0 Å². The number of nitrogens with two attached hydrogens (primary N) is 1. The number of hydrogen-bond acceptors (Lipinski definition) is 1. The monoisotopic (exact) mass is 239 g/mol. The molecule has 0 radical (unpaired) electrons. The zero-order chi connectivity index (χ0) is 12.0. The van der Waals surface area contributed by atoms with Crippen molar-refractivity contribution in [2.45, 2.75) is 11.8 Å². The molecule has 0 bridgehead atoms. The second kappa shape index (κ2) is 3.11. The van der Waals surface area contributed by atoms with E-state index in [9.17, 15) is 13.3 Å². The van der Waals surface area contributed by atoms with Gasteiger partial charge in [-0.25, -0.2) is 9.35 Å². The Labute approximate surface area is 93.3 Å². The molecule has 0 amide bonds. The molecule has 2 aromatic carbocycles. The second-order valence-electron chi connectivity index (χ2n) is 3.93. The summed E-state index contributed by atoms with van der Waals surface area (Å²) in [5.74, 6) is 0. The molecule has 0 fully saturated rings. The highest BCUT2D eigenvalue weighted by Gasteiger charge is 2.26. The zero-order valence-corrected chi connectivity index (χ0v) is 9.57. The Kier molecular flexibility index (Phi) is 2.18. The van der Waals surface area contributed by atoms with Crippen LogP contribution in [-0.4, -0.2) is 13.3 Å². The quantitative estimate of drug-likeness (QED) is 0.713. The van der Waals surface area contributed by atoms with Crippen molar-refractivity contribution < 1.29 is 13.3 Å². The van der Waals surface area contributed by atoms with E-state index in [1.165, 1.54) is 12.1 Å². The molecule has 0 spiro atoms. The molecule has 0 aliphatic rings. The van der Waals surface area contributed by atoms with E-state index >= 15 is 0 Å². The van der Waals surface area contributed by atoms with Gasteiger partial charge in [0, 0.05) is 0 Å². The van der Waals surface area contributed by atoms with Gasteiger partial charge in [0.05, 0.1) is 4.90 Å². The predicted molar refractivity (Wildman–Crippen MR) is 64.5 cm³/mol. The van der Waals surface area contributed by atoms with Crippen LogP contribution >= 0.6 is 0 Å². The number of aryl methyl sites for hydroxylation is 1. The molecular formula is C11H13NO3S. The Bertz CT molecular complexity index is 619. The van der Waals surface area contributed by atoms with E-state index in [-0.39, 0.29) is 4.90 Å². The summed E-state index contributed by atoms with van der Waals surface area (Å²) in [7, 11) is -5.13. The van der Waals surface area contributed by atoms with E-state index in [1.54, 1.807) is 6.07 Å². The lowest BCUT2D eigenvalue weighted by atomic mass is 10.1. The fraction of sp³-hybridized carbons (Fsp3) is 0.0909. The van der Waals surface area contributed by atoms with Crippen molar-refractivity contribution in [1.82, 2.24) is 0 Å². The fourth-order valence-electron chi connectivity index (χ4n) is 1.58. The molecule has 2 rings (SSSR count). The molecule has 0 aromatic heterocycles. The topological polar surface area (TPSA) is 83.6 Å². The van der Waals surface area contributed by atoms with E-state index in [4.69, 9.17) is 5.14 Å². The van der Waals surface area contributed by atoms with E-state index in [2.05, 4.69) is 0 Å². The fourth-order valence-corrected chi connectivity index (χ4v) is 2.25. The van der Waals surface area contributed by atoms with Crippen LogP contribution in [0.4, 0.5) is 0 Å². The molecule has 0 unspecified atom stereocenters. The van der Waals surface area contributed by atoms with Gasteiger partial charge < -0.3 is 0 Å². The van der Waals surface area contributed by atoms with Crippen LogP contribution in [0.25, 0.3) is 10.8 Å². The third-order valence-electron chi connectivity index (χ3n) is 2.41. The molecule has 0 heterocycles. The summed E-state index contributed by atoms with van der Waals surface area (Å²) in [6.07, 6.45) is 0. The van der Waals surface area contributed by atoms with Gasteiger partial charge in [0.25, 0.3) is 0 Å². The first-order valence-corrected chi connectivity index (χ1v) is 6.64. The van der Waals surface area contributed by atoms with Crippen LogP contribution in [0, 0.1) is 6.92 Å². The van der Waals surface area contributed by atoms with Gasteiger partial charge in [-0.2, -0.15) is 0 Å². The number of rotatable bonds is 1. The standard InChI is InChI=1S/C11H13NO3S/c1-8-2-3-10-7-11(16(12,13,14)15)5-4-9(10)6-8/h2-7H,1H3,(H4,12,13,14,15). The minimum absolute atomic E-state index is 0.173. The summed E-state index contributed by atoms with van der Waals surface area (Å²) >= 11 is 0. The summed E-state index contributed by atoms with van der Waals surface area (Å²) in [6.45, 7) is 1.96. The Morgan fingerprint density at radius 1 is 1.06 bits per heavy atom. The van der Waals surface area contributed by atoms with E-state index in [0.717, 1.165) is 16.3 Å². The minimum atomic E-state index is -5.13. The van der Waals surface area contributed by atoms with Crippen LogP contribution < -0.4 is 5.14 Å². The maximum absolute atomic E-state index is 11.4. The molecular weight excluding hydrogens is 226 g/mol. The third kappa shape index (κ3) is 2.12. The van der Waals surface area contributed by atoms with Crippen LogP contribution in [0.3, 0.4) is 0 Å². The van der Waals surface area contributed by atoms with Gasteiger partial charge in [0.2, 0.25) is 0 Å². The zero-order valence-electron chi connectivity index (χ0n) is 8.75. The smallest absolute Gasteiger partial charge is 0.162 e. The van der Waals surface area contributed by atoms with Gasteiger partial charge in [0.1, 0.15) is 0 Å². The molecule has 4 N–H and O–H groups in total. The first-order valence-electron chi connectivity index (χ1n) is 4.70. The molecule has 0 saturated heterocycles. The van der Waals surface area contributed by atoms with E-state index in [1.807, 2.05) is 25.1 Å². The summed E-state index contributed by atoms with van der Waals surface area (Å²) in [4.78, 5) is -0.173. The lowest BCUT2D eigenvalue weighted by molar-refractivity contribution is 0.391. The third-order valence-corrected chi connectivity index (χ3v) is 3.55.